The smallest absolute Gasteiger partial charge is 0.191 e. The van der Waals surface area contributed by atoms with E-state index in [1.807, 2.05) is 24.3 Å². The van der Waals surface area contributed by atoms with E-state index in [1.165, 1.54) is 18.7 Å². The lowest BCUT2D eigenvalue weighted by Gasteiger charge is -2.11. The third kappa shape index (κ3) is 5.17. The highest BCUT2D eigenvalue weighted by atomic mass is 15.2. The molecular formula is C19H26N6. The number of pyridine rings is 1. The Bertz CT molecular complexity index is 680. The first kappa shape index (κ1) is 17.2. The molecule has 6 nitrogen and oxygen atoms in total. The van der Waals surface area contributed by atoms with Crippen LogP contribution in [0.3, 0.4) is 0 Å². The van der Waals surface area contributed by atoms with Crippen molar-refractivity contribution >= 4 is 5.96 Å². The van der Waals surface area contributed by atoms with Crippen LogP contribution in [0.4, 0.5) is 0 Å². The van der Waals surface area contributed by atoms with Crippen molar-refractivity contribution in [1.29, 1.82) is 0 Å². The van der Waals surface area contributed by atoms with Crippen molar-refractivity contribution in [3.8, 4) is 0 Å². The van der Waals surface area contributed by atoms with E-state index in [0.717, 1.165) is 43.3 Å². The van der Waals surface area contributed by atoms with E-state index in [-0.39, 0.29) is 0 Å². The monoisotopic (exact) mass is 338 g/mol. The number of hydrogen-bond acceptors (Lipinski definition) is 3. The maximum Gasteiger partial charge on any atom is 0.191 e. The van der Waals surface area contributed by atoms with Gasteiger partial charge in [0.15, 0.2) is 5.96 Å². The van der Waals surface area contributed by atoms with Gasteiger partial charge in [-0.3, -0.25) is 4.98 Å². The summed E-state index contributed by atoms with van der Waals surface area (Å²) in [7, 11) is 0. The Morgan fingerprint density at radius 1 is 1.28 bits per heavy atom. The molecule has 0 saturated heterocycles. The molecule has 1 aliphatic rings. The average molecular weight is 338 g/mol. The molecule has 0 atom stereocenters. The number of nitrogens with zero attached hydrogens (tertiary/aromatic N) is 4. The maximum absolute atomic E-state index is 4.74. The lowest BCUT2D eigenvalue weighted by molar-refractivity contribution is 0.522. The summed E-state index contributed by atoms with van der Waals surface area (Å²) in [6.45, 7) is 6.86. The summed E-state index contributed by atoms with van der Waals surface area (Å²) < 4.78 is 2.30. The number of nitrogens with one attached hydrogen (secondary N) is 2. The van der Waals surface area contributed by atoms with Crippen molar-refractivity contribution in [2.75, 3.05) is 13.1 Å². The second kappa shape index (κ2) is 9.01. The van der Waals surface area contributed by atoms with Gasteiger partial charge in [-0.2, -0.15) is 0 Å². The molecule has 0 bridgehead atoms. The van der Waals surface area contributed by atoms with Crippen molar-refractivity contribution in [1.82, 2.24) is 25.2 Å². The van der Waals surface area contributed by atoms with E-state index in [9.17, 15) is 0 Å². The lowest BCUT2D eigenvalue weighted by Crippen LogP contribution is -2.38. The van der Waals surface area contributed by atoms with Gasteiger partial charge in [0.25, 0.3) is 0 Å². The number of aromatic nitrogens is 3. The molecule has 2 aromatic rings. The topological polar surface area (TPSA) is 67.1 Å². The van der Waals surface area contributed by atoms with E-state index in [0.29, 0.717) is 13.1 Å². The van der Waals surface area contributed by atoms with Gasteiger partial charge < -0.3 is 15.2 Å². The molecule has 132 valence electrons. The molecule has 0 fully saturated rings. The second-order valence-electron chi connectivity index (χ2n) is 6.13. The first-order valence-corrected chi connectivity index (χ1v) is 8.93. The highest BCUT2D eigenvalue weighted by Gasteiger charge is 2.11. The Morgan fingerprint density at radius 3 is 3.04 bits per heavy atom. The number of guanidine groups is 1. The van der Waals surface area contributed by atoms with Crippen LogP contribution in [0.15, 0.2) is 48.2 Å². The molecule has 3 rings (SSSR count). The summed E-state index contributed by atoms with van der Waals surface area (Å²) in [6, 6.07) is 5.86. The van der Waals surface area contributed by atoms with Crippen LogP contribution in [-0.4, -0.2) is 33.6 Å². The zero-order valence-electron chi connectivity index (χ0n) is 14.6. The largest absolute Gasteiger partial charge is 0.356 e. The number of aliphatic imine (C=N–C) groups is 1. The summed E-state index contributed by atoms with van der Waals surface area (Å²) in [4.78, 5) is 13.6. The van der Waals surface area contributed by atoms with Crippen molar-refractivity contribution in [3.05, 3.63) is 60.5 Å². The predicted octanol–water partition coefficient (Wildman–Crippen LogP) is 2.08. The maximum atomic E-state index is 4.74. The zero-order chi connectivity index (χ0) is 17.3. The van der Waals surface area contributed by atoms with Gasteiger partial charge in [0, 0.05) is 44.9 Å². The molecule has 25 heavy (non-hydrogen) atoms. The Hall–Kier alpha value is -2.63. The Kier molecular flexibility index (Phi) is 6.20. The van der Waals surface area contributed by atoms with Crippen LogP contribution in [0.2, 0.25) is 0 Å². The molecule has 0 unspecified atom stereocenters. The third-order valence-corrected chi connectivity index (χ3v) is 4.17. The molecule has 3 heterocycles. The molecule has 0 aliphatic carbocycles. The molecule has 2 N–H and O–H groups in total. The number of fused-ring (bicyclic) bond motifs is 1. The van der Waals surface area contributed by atoms with Crippen LogP contribution in [-0.2, 0) is 25.9 Å². The molecule has 2 aromatic heterocycles. The van der Waals surface area contributed by atoms with Crippen LogP contribution in [0, 0.1) is 0 Å². The van der Waals surface area contributed by atoms with Crippen LogP contribution < -0.4 is 10.6 Å². The van der Waals surface area contributed by atoms with Crippen LogP contribution >= 0.6 is 0 Å². The van der Waals surface area contributed by atoms with Gasteiger partial charge in [-0.05, 0) is 25.0 Å². The fourth-order valence-corrected chi connectivity index (χ4v) is 2.90. The molecule has 0 amide bonds. The van der Waals surface area contributed by atoms with Gasteiger partial charge in [0.1, 0.15) is 5.82 Å². The van der Waals surface area contributed by atoms with E-state index in [1.54, 1.807) is 6.20 Å². The normalized spacial score (nSPS) is 14.0. The predicted molar refractivity (Wildman–Crippen MR) is 100 cm³/mol. The highest BCUT2D eigenvalue weighted by Crippen LogP contribution is 2.14. The Morgan fingerprint density at radius 2 is 2.24 bits per heavy atom. The summed E-state index contributed by atoms with van der Waals surface area (Å²) in [5, 5.41) is 6.61. The molecule has 1 aliphatic heterocycles. The summed E-state index contributed by atoms with van der Waals surface area (Å²) in [6.07, 6.45) is 10.3. The Labute approximate surface area is 149 Å². The van der Waals surface area contributed by atoms with Gasteiger partial charge in [0.2, 0.25) is 0 Å². The summed E-state index contributed by atoms with van der Waals surface area (Å²) >= 11 is 0. The average Bonchev–Trinajstić information content (AvgIpc) is 3.07. The highest BCUT2D eigenvalue weighted by molar-refractivity contribution is 5.79. The number of aryl methyl sites for hydroxylation is 2. The number of imidazole rings is 1. The van der Waals surface area contributed by atoms with Crippen molar-refractivity contribution in [2.45, 2.75) is 38.8 Å². The summed E-state index contributed by atoms with van der Waals surface area (Å²) in [5.74, 6) is 2.00. The minimum absolute atomic E-state index is 0.548. The third-order valence-electron chi connectivity index (χ3n) is 4.17. The standard InChI is InChI=1S/C19H26N6/c1-2-10-21-19(23-14-16-7-3-5-11-20-16)22-12-9-17-15-25-13-6-4-8-18(25)24-17/h2-3,5,7,11,15H,1,4,6,8-10,12-14H2,(H2,21,22,23). The number of rotatable bonds is 7. The van der Waals surface area contributed by atoms with Gasteiger partial charge in [-0.1, -0.05) is 12.1 Å². The molecular weight excluding hydrogens is 312 g/mol. The zero-order valence-corrected chi connectivity index (χ0v) is 14.6. The van der Waals surface area contributed by atoms with Crippen molar-refractivity contribution in [2.24, 2.45) is 4.99 Å². The summed E-state index contributed by atoms with van der Waals surface area (Å²) in [5.41, 5.74) is 2.10. The van der Waals surface area contributed by atoms with Gasteiger partial charge in [-0.25, -0.2) is 9.98 Å². The minimum atomic E-state index is 0.548. The lowest BCUT2D eigenvalue weighted by atomic mass is 10.2. The number of hydrogen-bond donors (Lipinski definition) is 2. The molecule has 0 spiro atoms. The SMILES string of the molecule is C=CCNC(=NCc1ccccn1)NCCc1cn2c(n1)CCCC2. The minimum Gasteiger partial charge on any atom is -0.356 e. The van der Waals surface area contributed by atoms with E-state index in [4.69, 9.17) is 4.98 Å². The molecule has 0 aromatic carbocycles. The van der Waals surface area contributed by atoms with Crippen LogP contribution in [0.25, 0.3) is 0 Å². The van der Waals surface area contributed by atoms with Crippen LogP contribution in [0.5, 0.6) is 0 Å². The second-order valence-corrected chi connectivity index (χ2v) is 6.13. The molecule has 6 heteroatoms. The fourth-order valence-electron chi connectivity index (χ4n) is 2.90. The fraction of sp³-hybridized carbons (Fsp3) is 0.421. The quantitative estimate of drug-likeness (QED) is 0.461. The first-order valence-electron chi connectivity index (χ1n) is 8.93. The van der Waals surface area contributed by atoms with Crippen LogP contribution in [0.1, 0.15) is 30.1 Å². The van der Waals surface area contributed by atoms with Gasteiger partial charge in [0.05, 0.1) is 17.9 Å². The first-order chi connectivity index (χ1) is 12.3. The van der Waals surface area contributed by atoms with E-state index < -0.39 is 0 Å². The van der Waals surface area contributed by atoms with Crippen molar-refractivity contribution < 1.29 is 0 Å². The van der Waals surface area contributed by atoms with E-state index in [2.05, 4.69) is 38.0 Å². The Balaban J connectivity index is 1.53. The molecule has 0 radical (unpaired) electrons. The van der Waals surface area contributed by atoms with E-state index >= 15 is 0 Å². The van der Waals surface area contributed by atoms with Crippen molar-refractivity contribution in [3.63, 3.8) is 0 Å². The van der Waals surface area contributed by atoms with Gasteiger partial charge >= 0.3 is 0 Å². The molecule has 0 saturated carbocycles. The van der Waals surface area contributed by atoms with Gasteiger partial charge in [-0.15, -0.1) is 6.58 Å².